The average molecular weight is 383 g/mol. The summed E-state index contributed by atoms with van der Waals surface area (Å²) in [4.78, 5) is 0. The molecule has 1 aliphatic heterocycles. The van der Waals surface area contributed by atoms with Gasteiger partial charge >= 0.3 is 0 Å². The van der Waals surface area contributed by atoms with Gasteiger partial charge in [0.05, 0.1) is 0 Å². The maximum atomic E-state index is 4.28. The third kappa shape index (κ3) is 4.17. The van der Waals surface area contributed by atoms with Crippen LogP contribution in [0.25, 0.3) is 5.57 Å². The van der Waals surface area contributed by atoms with E-state index in [1.54, 1.807) is 0 Å². The predicted octanol–water partition coefficient (Wildman–Crippen LogP) is 8.77. The first kappa shape index (κ1) is 22.2. The van der Waals surface area contributed by atoms with Gasteiger partial charge in [0, 0.05) is 0 Å². The minimum absolute atomic E-state index is 0.219. The van der Waals surface area contributed by atoms with Crippen LogP contribution < -0.4 is 0 Å². The molecular formula is C26H39P. The molecule has 0 saturated carbocycles. The van der Waals surface area contributed by atoms with Gasteiger partial charge in [-0.1, -0.05) is 106 Å². The lowest BCUT2D eigenvalue weighted by Gasteiger charge is -2.48. The average Bonchev–Trinajstić information content (AvgIpc) is 2.51. The molecule has 1 aromatic rings. The van der Waals surface area contributed by atoms with Crippen molar-refractivity contribution >= 4 is 13.5 Å². The van der Waals surface area contributed by atoms with Crippen LogP contribution in [0.5, 0.6) is 0 Å². The van der Waals surface area contributed by atoms with Crippen molar-refractivity contribution in [1.82, 2.24) is 0 Å². The maximum absolute atomic E-state index is 4.28. The molecule has 0 radical (unpaired) electrons. The van der Waals surface area contributed by atoms with Crippen LogP contribution in [-0.4, -0.2) is 10.3 Å². The van der Waals surface area contributed by atoms with Crippen molar-refractivity contribution in [2.75, 3.05) is 0 Å². The van der Waals surface area contributed by atoms with Gasteiger partial charge in [-0.25, -0.2) is 0 Å². The smallest absolute Gasteiger partial charge is 0.0100 e. The van der Waals surface area contributed by atoms with Crippen LogP contribution in [0.15, 0.2) is 42.8 Å². The Bertz CT molecular complexity index is 768. The Labute approximate surface area is 169 Å². The van der Waals surface area contributed by atoms with Gasteiger partial charge in [-0.2, -0.15) is 0 Å². The molecule has 0 aliphatic carbocycles. The highest BCUT2D eigenvalue weighted by atomic mass is 31.1. The minimum Gasteiger partial charge on any atom is -0.0984 e. The molecule has 0 nitrogen and oxygen atoms in total. The predicted molar refractivity (Wildman–Crippen MR) is 126 cm³/mol. The fourth-order valence-electron chi connectivity index (χ4n) is 5.20. The molecule has 0 N–H and O–H groups in total. The quantitative estimate of drug-likeness (QED) is 0.458. The Kier molecular flexibility index (Phi) is 6.33. The van der Waals surface area contributed by atoms with E-state index in [1.807, 2.05) is 0 Å². The molecule has 0 spiro atoms. The van der Waals surface area contributed by atoms with Crippen LogP contribution in [0.4, 0.5) is 0 Å². The number of allylic oxidation sites excluding steroid dienone is 4. The van der Waals surface area contributed by atoms with Crippen molar-refractivity contribution < 1.29 is 0 Å². The molecule has 148 valence electrons. The molecule has 1 heteroatoms. The van der Waals surface area contributed by atoms with E-state index in [1.165, 1.54) is 39.6 Å². The lowest BCUT2D eigenvalue weighted by Crippen LogP contribution is -2.31. The summed E-state index contributed by atoms with van der Waals surface area (Å²) >= 11 is 0. The lowest BCUT2D eigenvalue weighted by atomic mass is 9.80. The monoisotopic (exact) mass is 382 g/mol. The molecule has 1 aromatic carbocycles. The standard InChI is InChI=1S/C26H39P/c1-12-20-23(13-2)27(25(7,8)9)26(10,11)16-19(6)22-15-18(5)14-21(17(3)4)24(20)22/h12-15,17,19H,1-2,16H2,3-11H3/b23-20-. The first-order valence-electron chi connectivity index (χ1n) is 10.3. The third-order valence-corrected chi connectivity index (χ3v) is 9.40. The molecule has 2 unspecified atom stereocenters. The number of fused-ring (bicyclic) bond motifs is 1. The molecule has 0 amide bonds. The van der Waals surface area contributed by atoms with Crippen molar-refractivity contribution in [3.8, 4) is 0 Å². The van der Waals surface area contributed by atoms with Gasteiger partial charge < -0.3 is 0 Å². The Morgan fingerprint density at radius 2 is 1.74 bits per heavy atom. The van der Waals surface area contributed by atoms with E-state index in [2.05, 4.69) is 99.8 Å². The van der Waals surface area contributed by atoms with Crippen LogP contribution in [0.3, 0.4) is 0 Å². The maximum Gasteiger partial charge on any atom is -0.0100 e. The molecule has 27 heavy (non-hydrogen) atoms. The summed E-state index contributed by atoms with van der Waals surface area (Å²) in [5, 5.41) is 1.89. The number of hydrogen-bond acceptors (Lipinski definition) is 0. The zero-order chi connectivity index (χ0) is 20.7. The van der Waals surface area contributed by atoms with Crippen LogP contribution >= 0.6 is 7.92 Å². The third-order valence-electron chi connectivity index (χ3n) is 5.76. The molecule has 0 saturated heterocycles. The first-order valence-corrected chi connectivity index (χ1v) is 11.6. The highest BCUT2D eigenvalue weighted by Crippen LogP contribution is 2.69. The number of rotatable bonds is 3. The van der Waals surface area contributed by atoms with E-state index < -0.39 is 7.92 Å². The van der Waals surface area contributed by atoms with Crippen LogP contribution in [0, 0.1) is 6.92 Å². The first-order chi connectivity index (χ1) is 12.3. The largest absolute Gasteiger partial charge is 0.0984 e. The van der Waals surface area contributed by atoms with E-state index in [9.17, 15) is 0 Å². The van der Waals surface area contributed by atoms with Crippen molar-refractivity contribution in [3.05, 3.63) is 65.0 Å². The number of benzene rings is 1. The van der Waals surface area contributed by atoms with Crippen molar-refractivity contribution in [1.29, 1.82) is 0 Å². The highest BCUT2D eigenvalue weighted by Gasteiger charge is 2.42. The van der Waals surface area contributed by atoms with Gasteiger partial charge in [0.1, 0.15) is 0 Å². The lowest BCUT2D eigenvalue weighted by molar-refractivity contribution is 0.543. The summed E-state index contributed by atoms with van der Waals surface area (Å²) in [6, 6.07) is 4.80. The van der Waals surface area contributed by atoms with Crippen molar-refractivity contribution in [2.45, 2.75) is 90.9 Å². The zero-order valence-electron chi connectivity index (χ0n) is 19.0. The van der Waals surface area contributed by atoms with Gasteiger partial charge in [0.25, 0.3) is 0 Å². The number of aryl methyl sites for hydroxylation is 1. The van der Waals surface area contributed by atoms with E-state index in [-0.39, 0.29) is 10.3 Å². The SMILES string of the molecule is C=C/C1=C(\C=C)P(C(C)(C)C)C(C)(C)CC(C)c2cc(C)cc(C(C)C)c21. The Morgan fingerprint density at radius 3 is 2.19 bits per heavy atom. The summed E-state index contributed by atoms with van der Waals surface area (Å²) in [6.07, 6.45) is 5.44. The van der Waals surface area contributed by atoms with Gasteiger partial charge in [0.15, 0.2) is 0 Å². The molecule has 0 fully saturated rings. The second-order valence-corrected chi connectivity index (χ2v) is 13.8. The minimum atomic E-state index is -0.408. The Hall–Kier alpha value is -1.13. The molecule has 0 bridgehead atoms. The van der Waals surface area contributed by atoms with E-state index in [0.717, 1.165) is 0 Å². The molecule has 1 heterocycles. The van der Waals surface area contributed by atoms with Gasteiger partial charge in [-0.3, -0.25) is 0 Å². The summed E-state index contributed by atoms with van der Waals surface area (Å²) in [5.74, 6) is 1.02. The molecular weight excluding hydrogens is 343 g/mol. The van der Waals surface area contributed by atoms with E-state index in [0.29, 0.717) is 11.8 Å². The van der Waals surface area contributed by atoms with Crippen LogP contribution in [0.1, 0.15) is 95.9 Å². The highest BCUT2D eigenvalue weighted by molar-refractivity contribution is 7.65. The Morgan fingerprint density at radius 1 is 1.15 bits per heavy atom. The Balaban J connectivity index is 3.04. The van der Waals surface area contributed by atoms with Crippen molar-refractivity contribution in [3.63, 3.8) is 0 Å². The fraction of sp³-hybridized carbons (Fsp3) is 0.538. The summed E-state index contributed by atoms with van der Waals surface area (Å²) in [7, 11) is -0.408. The van der Waals surface area contributed by atoms with Gasteiger partial charge in [-0.05, 0) is 63.1 Å². The van der Waals surface area contributed by atoms with Crippen LogP contribution in [0.2, 0.25) is 0 Å². The van der Waals surface area contributed by atoms with E-state index >= 15 is 0 Å². The molecule has 2 rings (SSSR count). The second kappa shape index (κ2) is 7.71. The van der Waals surface area contributed by atoms with Crippen LogP contribution in [-0.2, 0) is 0 Å². The van der Waals surface area contributed by atoms with Crippen molar-refractivity contribution in [2.24, 2.45) is 0 Å². The molecule has 1 aliphatic rings. The molecule has 2 atom stereocenters. The fourth-order valence-corrected chi connectivity index (χ4v) is 9.47. The molecule has 0 aromatic heterocycles. The second-order valence-electron chi connectivity index (χ2n) is 10.1. The van der Waals surface area contributed by atoms with Gasteiger partial charge in [-0.15, -0.1) is 0 Å². The summed E-state index contributed by atoms with van der Waals surface area (Å²) < 4.78 is 0. The number of hydrogen-bond donors (Lipinski definition) is 0. The zero-order valence-corrected chi connectivity index (χ0v) is 19.9. The van der Waals surface area contributed by atoms with E-state index in [4.69, 9.17) is 0 Å². The summed E-state index contributed by atoms with van der Waals surface area (Å²) in [6.45, 7) is 29.9. The normalized spacial score (nSPS) is 25.6. The summed E-state index contributed by atoms with van der Waals surface area (Å²) in [5.41, 5.74) is 7.06. The van der Waals surface area contributed by atoms with Gasteiger partial charge in [0.2, 0.25) is 0 Å². The topological polar surface area (TPSA) is 0 Å².